The SMILES string of the molecule is CCn1c(CSc2nncn2C)nc2cc(C(=O)O)ccc21. The quantitative estimate of drug-likeness (QED) is 0.726. The van der Waals surface area contributed by atoms with Crippen molar-refractivity contribution in [2.24, 2.45) is 7.05 Å². The minimum absolute atomic E-state index is 0.251. The van der Waals surface area contributed by atoms with Gasteiger partial charge in [0, 0.05) is 13.6 Å². The van der Waals surface area contributed by atoms with Gasteiger partial charge in [-0.05, 0) is 25.1 Å². The molecule has 2 aromatic heterocycles. The van der Waals surface area contributed by atoms with Crippen molar-refractivity contribution in [3.63, 3.8) is 0 Å². The van der Waals surface area contributed by atoms with Crippen LogP contribution in [0.3, 0.4) is 0 Å². The van der Waals surface area contributed by atoms with Gasteiger partial charge in [0.05, 0.1) is 22.3 Å². The first-order chi connectivity index (χ1) is 10.6. The molecule has 2 heterocycles. The minimum atomic E-state index is -0.942. The number of hydrogen-bond donors (Lipinski definition) is 1. The minimum Gasteiger partial charge on any atom is -0.478 e. The van der Waals surface area contributed by atoms with Crippen LogP contribution in [0.25, 0.3) is 11.0 Å². The van der Waals surface area contributed by atoms with Gasteiger partial charge >= 0.3 is 5.97 Å². The number of carboxylic acids is 1. The van der Waals surface area contributed by atoms with Gasteiger partial charge < -0.3 is 14.2 Å². The smallest absolute Gasteiger partial charge is 0.335 e. The van der Waals surface area contributed by atoms with Crippen molar-refractivity contribution in [1.82, 2.24) is 24.3 Å². The second-order valence-corrected chi connectivity index (χ2v) is 5.74. The predicted molar refractivity (Wildman–Crippen MR) is 82.9 cm³/mol. The van der Waals surface area contributed by atoms with Crippen molar-refractivity contribution in [3.05, 3.63) is 35.9 Å². The molecule has 0 spiro atoms. The maximum Gasteiger partial charge on any atom is 0.335 e. The zero-order chi connectivity index (χ0) is 15.7. The Labute approximate surface area is 131 Å². The number of fused-ring (bicyclic) bond motifs is 1. The first kappa shape index (κ1) is 14.6. The summed E-state index contributed by atoms with van der Waals surface area (Å²) in [5.41, 5.74) is 1.90. The Hall–Kier alpha value is -2.35. The fourth-order valence-electron chi connectivity index (χ4n) is 2.31. The van der Waals surface area contributed by atoms with Gasteiger partial charge in [0.15, 0.2) is 5.16 Å². The summed E-state index contributed by atoms with van der Waals surface area (Å²) in [5.74, 6) is 0.605. The molecule has 114 valence electrons. The van der Waals surface area contributed by atoms with Gasteiger partial charge in [-0.2, -0.15) is 0 Å². The largest absolute Gasteiger partial charge is 0.478 e. The summed E-state index contributed by atoms with van der Waals surface area (Å²) in [5, 5.41) is 17.8. The summed E-state index contributed by atoms with van der Waals surface area (Å²) >= 11 is 1.55. The number of aromatic carboxylic acids is 1. The molecule has 0 amide bonds. The molecule has 3 rings (SSSR count). The van der Waals surface area contributed by atoms with Gasteiger partial charge in [0.1, 0.15) is 12.2 Å². The molecule has 1 N–H and O–H groups in total. The summed E-state index contributed by atoms with van der Waals surface area (Å²) < 4.78 is 3.94. The highest BCUT2D eigenvalue weighted by molar-refractivity contribution is 7.98. The average Bonchev–Trinajstić information content (AvgIpc) is 3.06. The van der Waals surface area contributed by atoms with Gasteiger partial charge in [-0.15, -0.1) is 10.2 Å². The third kappa shape index (κ3) is 2.57. The number of hydrogen-bond acceptors (Lipinski definition) is 5. The van der Waals surface area contributed by atoms with E-state index in [1.807, 2.05) is 24.6 Å². The van der Waals surface area contributed by atoms with Crippen molar-refractivity contribution in [1.29, 1.82) is 0 Å². The summed E-state index contributed by atoms with van der Waals surface area (Å²) in [6.45, 7) is 2.82. The Morgan fingerprint density at radius 2 is 2.23 bits per heavy atom. The van der Waals surface area contributed by atoms with E-state index in [1.54, 1.807) is 30.2 Å². The summed E-state index contributed by atoms with van der Waals surface area (Å²) in [6.07, 6.45) is 1.66. The van der Waals surface area contributed by atoms with Crippen molar-refractivity contribution >= 4 is 28.8 Å². The molecule has 0 saturated carbocycles. The molecule has 0 fully saturated rings. The van der Waals surface area contributed by atoms with Gasteiger partial charge in [0.2, 0.25) is 0 Å². The molecule has 0 aliphatic rings. The van der Waals surface area contributed by atoms with Crippen molar-refractivity contribution < 1.29 is 9.90 Å². The molecule has 0 saturated heterocycles. The van der Waals surface area contributed by atoms with Crippen LogP contribution in [-0.4, -0.2) is 35.4 Å². The molecule has 0 radical (unpaired) electrons. The summed E-state index contributed by atoms with van der Waals surface area (Å²) in [7, 11) is 1.89. The monoisotopic (exact) mass is 317 g/mol. The Morgan fingerprint density at radius 1 is 1.41 bits per heavy atom. The number of thioether (sulfide) groups is 1. The zero-order valence-electron chi connectivity index (χ0n) is 12.2. The van der Waals surface area contributed by atoms with Crippen molar-refractivity contribution in [3.8, 4) is 0 Å². The number of benzene rings is 1. The van der Waals surface area contributed by atoms with Crippen molar-refractivity contribution in [2.45, 2.75) is 24.4 Å². The second kappa shape index (κ2) is 5.80. The number of aromatic nitrogens is 5. The summed E-state index contributed by atoms with van der Waals surface area (Å²) in [4.78, 5) is 15.6. The van der Waals surface area contributed by atoms with Crippen LogP contribution in [0.2, 0.25) is 0 Å². The van der Waals surface area contributed by atoms with Gasteiger partial charge in [-0.3, -0.25) is 0 Å². The lowest BCUT2D eigenvalue weighted by Crippen LogP contribution is -2.01. The van der Waals surface area contributed by atoms with Gasteiger partial charge in [-0.25, -0.2) is 9.78 Å². The average molecular weight is 317 g/mol. The van der Waals surface area contributed by atoms with Crippen LogP contribution in [0.1, 0.15) is 23.1 Å². The highest BCUT2D eigenvalue weighted by Crippen LogP contribution is 2.24. The molecule has 0 aliphatic heterocycles. The van der Waals surface area contributed by atoms with E-state index in [1.165, 1.54) is 0 Å². The third-order valence-electron chi connectivity index (χ3n) is 3.39. The van der Waals surface area contributed by atoms with Crippen molar-refractivity contribution in [2.75, 3.05) is 0 Å². The van der Waals surface area contributed by atoms with E-state index < -0.39 is 5.97 Å². The number of carboxylic acid groups (broad SMARTS) is 1. The maximum absolute atomic E-state index is 11.1. The lowest BCUT2D eigenvalue weighted by molar-refractivity contribution is 0.0697. The lowest BCUT2D eigenvalue weighted by Gasteiger charge is -2.05. The van der Waals surface area contributed by atoms with Gasteiger partial charge in [-0.1, -0.05) is 11.8 Å². The highest BCUT2D eigenvalue weighted by Gasteiger charge is 2.13. The number of aryl methyl sites for hydroxylation is 2. The summed E-state index contributed by atoms with van der Waals surface area (Å²) in [6, 6.07) is 5.03. The van der Waals surface area contributed by atoms with E-state index in [4.69, 9.17) is 5.11 Å². The standard InChI is InChI=1S/C14H15N5O2S/c1-3-19-11-5-4-9(13(20)21)6-10(11)16-12(19)7-22-14-17-15-8-18(14)2/h4-6,8H,3,7H2,1-2H3,(H,20,21). The van der Waals surface area contributed by atoms with E-state index in [0.29, 0.717) is 11.3 Å². The fraction of sp³-hybridized carbons (Fsp3) is 0.286. The molecular weight excluding hydrogens is 302 g/mol. The molecule has 3 aromatic rings. The topological polar surface area (TPSA) is 85.8 Å². The molecule has 8 heteroatoms. The molecule has 1 aromatic carbocycles. The van der Waals surface area contributed by atoms with Crippen LogP contribution in [0.4, 0.5) is 0 Å². The molecule has 0 bridgehead atoms. The third-order valence-corrected chi connectivity index (χ3v) is 4.42. The molecular formula is C14H15N5O2S. The van der Waals surface area contributed by atoms with E-state index in [-0.39, 0.29) is 5.56 Å². The highest BCUT2D eigenvalue weighted by atomic mass is 32.2. The Bertz CT molecular complexity index is 839. The van der Waals surface area contributed by atoms with Crippen LogP contribution in [0.5, 0.6) is 0 Å². The molecule has 0 unspecified atom stereocenters. The molecule has 7 nitrogen and oxygen atoms in total. The first-order valence-corrected chi connectivity index (χ1v) is 7.78. The molecule has 0 aliphatic carbocycles. The maximum atomic E-state index is 11.1. The van der Waals surface area contributed by atoms with Crippen LogP contribution in [0, 0.1) is 0 Å². The normalized spacial score (nSPS) is 11.2. The van der Waals surface area contributed by atoms with E-state index >= 15 is 0 Å². The Balaban J connectivity index is 1.94. The Morgan fingerprint density at radius 3 is 2.86 bits per heavy atom. The zero-order valence-corrected chi connectivity index (χ0v) is 13.0. The van der Waals surface area contributed by atoms with Gasteiger partial charge in [0.25, 0.3) is 0 Å². The predicted octanol–water partition coefficient (Wildman–Crippen LogP) is 2.18. The second-order valence-electron chi connectivity index (χ2n) is 4.79. The molecule has 22 heavy (non-hydrogen) atoms. The van der Waals surface area contributed by atoms with Crippen LogP contribution >= 0.6 is 11.8 Å². The molecule has 0 atom stereocenters. The number of carbonyl (C=O) groups is 1. The first-order valence-electron chi connectivity index (χ1n) is 6.79. The lowest BCUT2D eigenvalue weighted by atomic mass is 10.2. The van der Waals surface area contributed by atoms with E-state index in [2.05, 4.69) is 19.7 Å². The van der Waals surface area contributed by atoms with Crippen LogP contribution < -0.4 is 0 Å². The van der Waals surface area contributed by atoms with E-state index in [9.17, 15) is 4.79 Å². The number of rotatable bonds is 5. The Kier molecular flexibility index (Phi) is 3.84. The van der Waals surface area contributed by atoms with Crippen LogP contribution in [0.15, 0.2) is 29.7 Å². The number of nitrogens with zero attached hydrogens (tertiary/aromatic N) is 5. The number of imidazole rings is 1. The van der Waals surface area contributed by atoms with E-state index in [0.717, 1.165) is 23.0 Å². The van der Waals surface area contributed by atoms with Crippen LogP contribution in [-0.2, 0) is 19.3 Å². The fourth-order valence-corrected chi connectivity index (χ4v) is 3.14.